The van der Waals surface area contributed by atoms with Gasteiger partial charge in [-0.15, -0.1) is 0 Å². The lowest BCUT2D eigenvalue weighted by atomic mass is 9.89. The molecule has 4 aromatic rings. The van der Waals surface area contributed by atoms with E-state index in [1.54, 1.807) is 5.57 Å². The molecule has 1 amide bonds. The van der Waals surface area contributed by atoms with Crippen LogP contribution in [0.3, 0.4) is 0 Å². The monoisotopic (exact) mass is 654 g/mol. The molecule has 6 heteroatoms. The Balaban J connectivity index is 0.000000169. The molecular weight excluding hydrogens is 604 g/mol. The minimum absolute atomic E-state index is 0. The van der Waals surface area contributed by atoms with Crippen molar-refractivity contribution in [2.75, 3.05) is 39.8 Å². The van der Waals surface area contributed by atoms with Crippen LogP contribution in [-0.4, -0.2) is 65.7 Å². The standard InChI is InChI=1S/C22H24N2O2.C20H22N2.CH4/c1-2-26-22(25)24-14-11-17(12-15-24)20-19-8-4-3-6-16(19)9-10-18-7-5-13-23-21(18)20;1-22-13-10-16(11-14-22)19-18-7-3-2-5-15(18)8-9-17-6-4-12-21-20(17)19;/h3-8,13H,2,9-12,14-15H2,1H3;2-7,12H,8-11,13-14H2,1H3;1H4. The number of rotatable bonds is 1. The van der Waals surface area contributed by atoms with Crippen LogP contribution in [0, 0.1) is 0 Å². The van der Waals surface area contributed by atoms with Gasteiger partial charge in [0.2, 0.25) is 0 Å². The van der Waals surface area contributed by atoms with Gasteiger partial charge in [-0.25, -0.2) is 4.79 Å². The van der Waals surface area contributed by atoms with E-state index in [0.29, 0.717) is 19.7 Å². The number of ether oxygens (including phenoxy) is 1. The topological polar surface area (TPSA) is 58.6 Å². The lowest BCUT2D eigenvalue weighted by molar-refractivity contribution is 0.104. The Kier molecular flexibility index (Phi) is 11.0. The van der Waals surface area contributed by atoms with E-state index in [0.717, 1.165) is 70.2 Å². The molecule has 0 N–H and O–H groups in total. The van der Waals surface area contributed by atoms with Gasteiger partial charge < -0.3 is 14.5 Å². The summed E-state index contributed by atoms with van der Waals surface area (Å²) < 4.78 is 5.15. The third-order valence-electron chi connectivity index (χ3n) is 10.3. The Morgan fingerprint density at radius 2 is 1.04 bits per heavy atom. The van der Waals surface area contributed by atoms with Gasteiger partial charge in [-0.05, 0) is 111 Å². The predicted molar refractivity (Wildman–Crippen MR) is 200 cm³/mol. The Labute approximate surface area is 292 Å². The highest BCUT2D eigenvalue weighted by Gasteiger charge is 2.27. The van der Waals surface area contributed by atoms with Crippen molar-refractivity contribution < 1.29 is 9.53 Å². The molecule has 0 unspecified atom stereocenters. The van der Waals surface area contributed by atoms with Crippen molar-refractivity contribution in [1.82, 2.24) is 19.8 Å². The minimum atomic E-state index is -0.198. The summed E-state index contributed by atoms with van der Waals surface area (Å²) in [6.07, 6.45) is 12.0. The zero-order valence-electron chi connectivity index (χ0n) is 28.4. The predicted octanol–water partition coefficient (Wildman–Crippen LogP) is 8.58. The van der Waals surface area contributed by atoms with E-state index in [9.17, 15) is 4.79 Å². The molecule has 2 aromatic carbocycles. The van der Waals surface area contributed by atoms with Crippen LogP contribution in [0.25, 0.3) is 11.1 Å². The smallest absolute Gasteiger partial charge is 0.409 e. The van der Waals surface area contributed by atoms with Crippen molar-refractivity contribution in [3.05, 3.63) is 141 Å². The SMILES string of the molecule is C.CCOC(=O)N1CCC(=C2c3ccccc3CCc3cccnc32)CC1.CN1CCC(=C2c3ccccc3CCc3cccnc32)CC1. The normalized spacial score (nSPS) is 17.1. The molecule has 0 radical (unpaired) electrons. The molecule has 2 fully saturated rings. The summed E-state index contributed by atoms with van der Waals surface area (Å²) in [5.41, 5.74) is 16.4. The summed E-state index contributed by atoms with van der Waals surface area (Å²) in [6.45, 7) is 6.00. The number of amides is 1. The molecule has 6 nitrogen and oxygen atoms in total. The summed E-state index contributed by atoms with van der Waals surface area (Å²) in [5, 5.41) is 0. The molecule has 4 heterocycles. The number of carbonyl (C=O) groups is 1. The van der Waals surface area contributed by atoms with Crippen LogP contribution < -0.4 is 0 Å². The van der Waals surface area contributed by atoms with E-state index >= 15 is 0 Å². The number of hydrogen-bond donors (Lipinski definition) is 0. The zero-order chi connectivity index (χ0) is 32.9. The summed E-state index contributed by atoms with van der Waals surface area (Å²) in [5.74, 6) is 0. The summed E-state index contributed by atoms with van der Waals surface area (Å²) >= 11 is 0. The van der Waals surface area contributed by atoms with E-state index in [1.807, 2.05) is 30.3 Å². The fourth-order valence-corrected chi connectivity index (χ4v) is 7.77. The van der Waals surface area contributed by atoms with Gasteiger partial charge in [-0.3, -0.25) is 9.97 Å². The van der Waals surface area contributed by atoms with Crippen molar-refractivity contribution in [2.45, 2.75) is 65.7 Å². The average molecular weight is 655 g/mol. The van der Waals surface area contributed by atoms with Crippen LogP contribution in [0.2, 0.25) is 0 Å². The number of likely N-dealkylation sites (tertiary alicyclic amines) is 2. The number of benzene rings is 2. The molecule has 8 rings (SSSR count). The quantitative estimate of drug-likeness (QED) is 0.206. The van der Waals surface area contributed by atoms with Crippen LogP contribution >= 0.6 is 0 Å². The molecule has 2 aromatic heterocycles. The molecule has 4 aliphatic rings. The number of aromatic nitrogens is 2. The maximum atomic E-state index is 12.0. The average Bonchev–Trinajstić information content (AvgIpc) is 3.41. The second-order valence-corrected chi connectivity index (χ2v) is 13.3. The van der Waals surface area contributed by atoms with Gasteiger partial charge in [-0.1, -0.05) is 79.2 Å². The third-order valence-corrected chi connectivity index (χ3v) is 10.3. The highest BCUT2D eigenvalue weighted by Crippen LogP contribution is 2.39. The lowest BCUT2D eigenvalue weighted by Crippen LogP contribution is -2.37. The van der Waals surface area contributed by atoms with Crippen LogP contribution in [0.5, 0.6) is 0 Å². The molecular formula is C43H50N4O2. The first-order valence-electron chi connectivity index (χ1n) is 17.7. The Morgan fingerprint density at radius 1 is 0.612 bits per heavy atom. The number of pyridine rings is 2. The summed E-state index contributed by atoms with van der Waals surface area (Å²) in [7, 11) is 2.22. The Morgan fingerprint density at radius 3 is 1.53 bits per heavy atom. The lowest BCUT2D eigenvalue weighted by Gasteiger charge is -2.29. The molecule has 2 aliphatic heterocycles. The van der Waals surface area contributed by atoms with Crippen LogP contribution in [-0.2, 0) is 30.4 Å². The second-order valence-electron chi connectivity index (χ2n) is 13.3. The molecule has 0 bridgehead atoms. The fraction of sp³-hybridized carbons (Fsp3) is 0.372. The minimum Gasteiger partial charge on any atom is -0.450 e. The highest BCUT2D eigenvalue weighted by molar-refractivity contribution is 5.85. The molecule has 0 atom stereocenters. The van der Waals surface area contributed by atoms with E-state index in [-0.39, 0.29) is 13.5 Å². The first kappa shape index (κ1) is 34.3. The van der Waals surface area contributed by atoms with Gasteiger partial charge in [0.1, 0.15) is 0 Å². The molecule has 0 spiro atoms. The van der Waals surface area contributed by atoms with Gasteiger partial charge >= 0.3 is 6.09 Å². The van der Waals surface area contributed by atoms with Gasteiger partial charge in [0, 0.05) is 49.7 Å². The van der Waals surface area contributed by atoms with E-state index in [1.165, 1.54) is 55.8 Å². The van der Waals surface area contributed by atoms with Gasteiger partial charge in [0.15, 0.2) is 0 Å². The molecule has 49 heavy (non-hydrogen) atoms. The van der Waals surface area contributed by atoms with E-state index in [4.69, 9.17) is 14.7 Å². The highest BCUT2D eigenvalue weighted by atomic mass is 16.6. The van der Waals surface area contributed by atoms with Crippen molar-refractivity contribution >= 4 is 17.2 Å². The maximum Gasteiger partial charge on any atom is 0.409 e. The van der Waals surface area contributed by atoms with Crippen molar-refractivity contribution in [3.8, 4) is 0 Å². The Hall–Kier alpha value is -4.55. The number of hydrogen-bond acceptors (Lipinski definition) is 5. The van der Waals surface area contributed by atoms with Crippen molar-refractivity contribution in [3.63, 3.8) is 0 Å². The molecule has 254 valence electrons. The van der Waals surface area contributed by atoms with E-state index in [2.05, 4.69) is 78.7 Å². The van der Waals surface area contributed by atoms with Gasteiger partial charge in [0.05, 0.1) is 18.0 Å². The van der Waals surface area contributed by atoms with Crippen molar-refractivity contribution in [2.24, 2.45) is 0 Å². The number of aryl methyl sites for hydroxylation is 4. The number of nitrogens with zero attached hydrogens (tertiary/aromatic N) is 4. The number of fused-ring (bicyclic) bond motifs is 4. The maximum absolute atomic E-state index is 12.0. The van der Waals surface area contributed by atoms with Crippen LogP contribution in [0.4, 0.5) is 4.79 Å². The van der Waals surface area contributed by atoms with Gasteiger partial charge in [0.25, 0.3) is 0 Å². The number of carbonyl (C=O) groups excluding carboxylic acids is 1. The number of piperidine rings is 2. The van der Waals surface area contributed by atoms with Crippen LogP contribution in [0.1, 0.15) is 84.8 Å². The molecule has 0 saturated carbocycles. The summed E-state index contributed by atoms with van der Waals surface area (Å²) in [4.78, 5) is 25.8. The fourth-order valence-electron chi connectivity index (χ4n) is 7.77. The van der Waals surface area contributed by atoms with Gasteiger partial charge in [-0.2, -0.15) is 0 Å². The largest absolute Gasteiger partial charge is 0.450 e. The molecule has 2 aliphatic carbocycles. The Bertz CT molecular complexity index is 1740. The first-order chi connectivity index (χ1) is 23.6. The zero-order valence-corrected chi connectivity index (χ0v) is 28.4. The van der Waals surface area contributed by atoms with Crippen LogP contribution in [0.15, 0.2) is 96.3 Å². The molecule has 2 saturated heterocycles. The van der Waals surface area contributed by atoms with Crippen molar-refractivity contribution in [1.29, 1.82) is 0 Å². The summed E-state index contributed by atoms with van der Waals surface area (Å²) in [6, 6.07) is 26.2. The first-order valence-corrected chi connectivity index (χ1v) is 17.7. The third kappa shape index (κ3) is 7.40. The van der Waals surface area contributed by atoms with E-state index < -0.39 is 0 Å². The second kappa shape index (κ2) is 15.8.